The fourth-order valence-corrected chi connectivity index (χ4v) is 1.60. The largest absolute Gasteiger partial charge is 0.490 e. The molecule has 0 saturated carbocycles. The molecule has 0 aliphatic rings. The second-order valence-corrected chi connectivity index (χ2v) is 4.57. The fourth-order valence-electron chi connectivity index (χ4n) is 1.05. The molecule has 0 N–H and O–H groups in total. The average molecular weight is 319 g/mol. The molecule has 1 atom stereocenters. The summed E-state index contributed by atoms with van der Waals surface area (Å²) < 4.78 is 9.86. The van der Waals surface area contributed by atoms with Crippen molar-refractivity contribution in [2.45, 2.75) is 4.83 Å². The lowest BCUT2D eigenvalue weighted by Crippen LogP contribution is -2.23. The van der Waals surface area contributed by atoms with E-state index < -0.39 is 10.8 Å². The third kappa shape index (κ3) is 3.91. The summed E-state index contributed by atoms with van der Waals surface area (Å²) in [5, 5.41) is 8.99. The second-order valence-electron chi connectivity index (χ2n) is 3.06. The number of methoxy groups -OCH3 is 1. The number of benzene rings is 1. The van der Waals surface area contributed by atoms with E-state index in [1.165, 1.54) is 13.2 Å². The highest BCUT2D eigenvalue weighted by molar-refractivity contribution is 9.10. The number of alkyl halides is 1. The van der Waals surface area contributed by atoms with Crippen LogP contribution in [-0.2, 0) is 9.53 Å². The molecule has 0 spiro atoms. The third-order valence-corrected chi connectivity index (χ3v) is 2.84. The first-order valence-electron chi connectivity index (χ1n) is 4.63. The molecule has 0 aliphatic carbocycles. The summed E-state index contributed by atoms with van der Waals surface area (Å²) in [6, 6.07) is 6.63. The predicted molar refractivity (Wildman–Crippen MR) is 66.4 cm³/mol. The van der Waals surface area contributed by atoms with E-state index in [1.54, 1.807) is 12.1 Å². The minimum Gasteiger partial charge on any atom is -0.490 e. The lowest BCUT2D eigenvalue weighted by atomic mass is 10.2. The number of carbonyl (C=O) groups is 1. The molecule has 6 heteroatoms. The molecule has 0 heterocycles. The van der Waals surface area contributed by atoms with Gasteiger partial charge in [-0.1, -0.05) is 27.5 Å². The molecule has 90 valence electrons. The first-order valence-corrected chi connectivity index (χ1v) is 5.92. The minimum atomic E-state index is -0.556. The SMILES string of the molecule is COC(=O)C(Br)COc1ccc(C#N)cc1Cl. The normalized spacial score (nSPS) is 11.4. The number of carbonyl (C=O) groups excluding carboxylic acids is 1. The van der Waals surface area contributed by atoms with Crippen molar-refractivity contribution in [3.8, 4) is 11.8 Å². The molecule has 1 unspecified atom stereocenters. The van der Waals surface area contributed by atoms with E-state index in [9.17, 15) is 4.79 Å². The average Bonchev–Trinajstić information content (AvgIpc) is 2.35. The number of rotatable bonds is 4. The highest BCUT2D eigenvalue weighted by Gasteiger charge is 2.16. The van der Waals surface area contributed by atoms with Crippen molar-refractivity contribution in [3.63, 3.8) is 0 Å². The van der Waals surface area contributed by atoms with Crippen LogP contribution in [0.4, 0.5) is 0 Å². The van der Waals surface area contributed by atoms with E-state index in [2.05, 4.69) is 20.7 Å². The van der Waals surface area contributed by atoms with Crippen molar-refractivity contribution in [2.24, 2.45) is 0 Å². The molecule has 1 aromatic rings. The number of nitrogens with zero attached hydrogens (tertiary/aromatic N) is 1. The molecular formula is C11H9BrClNO3. The van der Waals surface area contributed by atoms with Crippen molar-refractivity contribution in [1.29, 1.82) is 5.26 Å². The van der Waals surface area contributed by atoms with E-state index in [0.717, 1.165) is 0 Å². The summed E-state index contributed by atoms with van der Waals surface area (Å²) in [5.41, 5.74) is 0.450. The number of hydrogen-bond acceptors (Lipinski definition) is 4. The maximum absolute atomic E-state index is 11.1. The van der Waals surface area contributed by atoms with Gasteiger partial charge in [0.2, 0.25) is 0 Å². The van der Waals surface area contributed by atoms with Crippen molar-refractivity contribution in [1.82, 2.24) is 0 Å². The van der Waals surface area contributed by atoms with E-state index >= 15 is 0 Å². The van der Waals surface area contributed by atoms with Crippen LogP contribution in [0.5, 0.6) is 5.75 Å². The van der Waals surface area contributed by atoms with Gasteiger partial charge in [-0.15, -0.1) is 0 Å². The first-order chi connectivity index (χ1) is 8.08. The Labute approximate surface area is 112 Å². The van der Waals surface area contributed by atoms with Crippen LogP contribution < -0.4 is 4.74 Å². The molecule has 1 rings (SSSR count). The highest BCUT2D eigenvalue weighted by atomic mass is 79.9. The van der Waals surface area contributed by atoms with Gasteiger partial charge in [-0.2, -0.15) is 5.26 Å². The lowest BCUT2D eigenvalue weighted by molar-refractivity contribution is -0.140. The van der Waals surface area contributed by atoms with Gasteiger partial charge in [0, 0.05) is 0 Å². The summed E-state index contributed by atoms with van der Waals surface area (Å²) >= 11 is 9.02. The van der Waals surface area contributed by atoms with E-state index in [0.29, 0.717) is 16.3 Å². The third-order valence-electron chi connectivity index (χ3n) is 1.90. The summed E-state index contributed by atoms with van der Waals surface area (Å²) in [4.78, 5) is 10.5. The zero-order chi connectivity index (χ0) is 12.8. The molecule has 0 radical (unpaired) electrons. The summed E-state index contributed by atoms with van der Waals surface area (Å²) in [7, 11) is 1.30. The first kappa shape index (κ1) is 13.8. The second kappa shape index (κ2) is 6.48. The number of nitriles is 1. The molecule has 0 bridgehead atoms. The molecule has 0 saturated heterocycles. The predicted octanol–water partition coefficient (Wildman–Crippen LogP) is 2.53. The molecular weight excluding hydrogens is 309 g/mol. The Hall–Kier alpha value is -1.25. The molecule has 0 fully saturated rings. The van der Waals surface area contributed by atoms with Gasteiger partial charge in [0.05, 0.1) is 23.8 Å². The molecule has 17 heavy (non-hydrogen) atoms. The highest BCUT2D eigenvalue weighted by Crippen LogP contribution is 2.25. The molecule has 4 nitrogen and oxygen atoms in total. The van der Waals surface area contributed by atoms with E-state index in [1.807, 2.05) is 6.07 Å². The smallest absolute Gasteiger partial charge is 0.322 e. The topological polar surface area (TPSA) is 59.3 Å². The number of halogens is 2. The van der Waals surface area contributed by atoms with Crippen LogP contribution in [0.25, 0.3) is 0 Å². The quantitative estimate of drug-likeness (QED) is 0.632. The van der Waals surface area contributed by atoms with Gasteiger partial charge < -0.3 is 9.47 Å². The van der Waals surface area contributed by atoms with Crippen LogP contribution in [0.1, 0.15) is 5.56 Å². The summed E-state index contributed by atoms with van der Waals surface area (Å²) in [6.45, 7) is 0.0955. The lowest BCUT2D eigenvalue weighted by Gasteiger charge is -2.11. The molecule has 0 aliphatic heterocycles. The van der Waals surface area contributed by atoms with E-state index in [-0.39, 0.29) is 6.61 Å². The van der Waals surface area contributed by atoms with Crippen LogP contribution in [-0.4, -0.2) is 24.5 Å². The number of hydrogen-bond donors (Lipinski definition) is 0. The van der Waals surface area contributed by atoms with Crippen molar-refractivity contribution in [3.05, 3.63) is 28.8 Å². The zero-order valence-electron chi connectivity index (χ0n) is 8.94. The molecule has 0 aromatic heterocycles. The van der Waals surface area contributed by atoms with Gasteiger partial charge in [0.15, 0.2) is 0 Å². The van der Waals surface area contributed by atoms with Crippen molar-refractivity contribution < 1.29 is 14.3 Å². The number of esters is 1. The maximum atomic E-state index is 11.1. The Morgan fingerprint density at radius 2 is 2.35 bits per heavy atom. The van der Waals surface area contributed by atoms with Crippen LogP contribution in [0.3, 0.4) is 0 Å². The van der Waals surface area contributed by atoms with Crippen LogP contribution >= 0.6 is 27.5 Å². The molecule has 1 aromatic carbocycles. The van der Waals surface area contributed by atoms with Crippen molar-refractivity contribution in [2.75, 3.05) is 13.7 Å². The van der Waals surface area contributed by atoms with Crippen LogP contribution in [0.2, 0.25) is 5.02 Å². The standard InChI is InChI=1S/C11H9BrClNO3/c1-16-11(15)8(12)6-17-10-3-2-7(5-14)4-9(10)13/h2-4,8H,6H2,1H3. The minimum absolute atomic E-state index is 0.0955. The van der Waals surface area contributed by atoms with Gasteiger partial charge in [-0.25, -0.2) is 0 Å². The monoisotopic (exact) mass is 317 g/mol. The Kier molecular flexibility index (Phi) is 5.26. The van der Waals surface area contributed by atoms with Gasteiger partial charge in [0.1, 0.15) is 17.2 Å². The van der Waals surface area contributed by atoms with Gasteiger partial charge in [-0.05, 0) is 18.2 Å². The number of ether oxygens (including phenoxy) is 2. The Balaban J connectivity index is 2.64. The van der Waals surface area contributed by atoms with Gasteiger partial charge in [-0.3, -0.25) is 4.79 Å². The Bertz CT molecular complexity index is 459. The summed E-state index contributed by atoms with van der Waals surface area (Å²) in [6.07, 6.45) is 0. The fraction of sp³-hybridized carbons (Fsp3) is 0.273. The summed E-state index contributed by atoms with van der Waals surface area (Å²) in [5.74, 6) is -0.00575. The Morgan fingerprint density at radius 1 is 1.65 bits per heavy atom. The van der Waals surface area contributed by atoms with Crippen LogP contribution in [0.15, 0.2) is 18.2 Å². The Morgan fingerprint density at radius 3 is 2.88 bits per heavy atom. The maximum Gasteiger partial charge on any atom is 0.322 e. The van der Waals surface area contributed by atoms with Crippen LogP contribution in [0, 0.1) is 11.3 Å². The van der Waals surface area contributed by atoms with Gasteiger partial charge in [0.25, 0.3) is 0 Å². The van der Waals surface area contributed by atoms with E-state index in [4.69, 9.17) is 21.6 Å². The van der Waals surface area contributed by atoms with Gasteiger partial charge >= 0.3 is 5.97 Å². The van der Waals surface area contributed by atoms with Crippen molar-refractivity contribution >= 4 is 33.5 Å². The zero-order valence-corrected chi connectivity index (χ0v) is 11.3. The molecule has 0 amide bonds.